The normalized spacial score (nSPS) is 13.8. The Hall–Kier alpha value is -2.01. The van der Waals surface area contributed by atoms with E-state index in [9.17, 15) is 4.79 Å². The Labute approximate surface area is 141 Å². The molecule has 23 heavy (non-hydrogen) atoms. The zero-order chi connectivity index (χ0) is 16.4. The Kier molecular flexibility index (Phi) is 4.57. The van der Waals surface area contributed by atoms with Gasteiger partial charge in [-0.1, -0.05) is 6.07 Å². The van der Waals surface area contributed by atoms with Gasteiger partial charge in [-0.2, -0.15) is 0 Å². The molecule has 0 bridgehead atoms. The van der Waals surface area contributed by atoms with Gasteiger partial charge < -0.3 is 15.5 Å². The molecule has 1 saturated carbocycles. The van der Waals surface area contributed by atoms with Crippen LogP contribution in [0.1, 0.15) is 28.1 Å². The average molecular weight is 329 g/mol. The van der Waals surface area contributed by atoms with Crippen molar-refractivity contribution in [2.24, 2.45) is 5.92 Å². The molecule has 1 aromatic carbocycles. The van der Waals surface area contributed by atoms with Crippen molar-refractivity contribution in [2.75, 3.05) is 31.3 Å². The van der Waals surface area contributed by atoms with E-state index in [0.717, 1.165) is 28.4 Å². The Morgan fingerprint density at radius 3 is 2.70 bits per heavy atom. The van der Waals surface area contributed by atoms with Crippen LogP contribution in [0.5, 0.6) is 0 Å². The lowest BCUT2D eigenvalue weighted by atomic mass is 10.1. The van der Waals surface area contributed by atoms with Gasteiger partial charge in [0.2, 0.25) is 0 Å². The summed E-state index contributed by atoms with van der Waals surface area (Å²) in [4.78, 5) is 17.7. The fourth-order valence-electron chi connectivity index (χ4n) is 2.76. The Morgan fingerprint density at radius 2 is 2.09 bits per heavy atom. The highest BCUT2D eigenvalue weighted by molar-refractivity contribution is 7.12. The summed E-state index contributed by atoms with van der Waals surface area (Å²) < 4.78 is 0. The fraction of sp³-hybridized carbons (Fsp3) is 0.389. The second-order valence-corrected chi connectivity index (χ2v) is 7.34. The molecule has 3 rings (SSSR count). The van der Waals surface area contributed by atoms with Crippen molar-refractivity contribution >= 4 is 28.6 Å². The van der Waals surface area contributed by atoms with Crippen LogP contribution in [0.25, 0.3) is 0 Å². The van der Waals surface area contributed by atoms with Crippen molar-refractivity contribution in [1.29, 1.82) is 0 Å². The topological polar surface area (TPSA) is 49.6 Å². The molecule has 0 spiro atoms. The molecule has 0 aliphatic heterocycles. The highest BCUT2D eigenvalue weighted by atomic mass is 32.1. The maximum Gasteiger partial charge on any atom is 0.264 e. The molecule has 1 amide bonds. The van der Waals surface area contributed by atoms with Crippen LogP contribution in [-0.2, 0) is 6.54 Å². The van der Waals surface area contributed by atoms with Crippen LogP contribution in [0.15, 0.2) is 35.7 Å². The summed E-state index contributed by atoms with van der Waals surface area (Å²) >= 11 is 1.50. The van der Waals surface area contributed by atoms with Crippen LogP contribution in [0.4, 0.5) is 11.4 Å². The standard InChI is InChI=1S/C18H23N3OS/c1-20(2)16-8-7-15(19)10-14(16)12-21(11-13-5-6-13)18(22)17-4-3-9-23-17/h3-4,7-10,13H,5-6,11-12,19H2,1-2H3. The number of carbonyl (C=O) groups excluding carboxylic acids is 1. The molecule has 2 aromatic rings. The van der Waals surface area contributed by atoms with Gasteiger partial charge in [-0.15, -0.1) is 11.3 Å². The lowest BCUT2D eigenvalue weighted by Crippen LogP contribution is -2.32. The van der Waals surface area contributed by atoms with E-state index in [1.807, 2.05) is 54.7 Å². The summed E-state index contributed by atoms with van der Waals surface area (Å²) in [6.45, 7) is 1.43. The molecule has 5 heteroatoms. The zero-order valence-corrected chi connectivity index (χ0v) is 14.5. The zero-order valence-electron chi connectivity index (χ0n) is 13.7. The number of hydrogen-bond donors (Lipinski definition) is 1. The van der Waals surface area contributed by atoms with Crippen LogP contribution in [0.2, 0.25) is 0 Å². The molecule has 1 aromatic heterocycles. The molecule has 1 heterocycles. The third kappa shape index (κ3) is 3.85. The predicted octanol–water partition coefficient (Wildman–Crippen LogP) is 3.45. The monoisotopic (exact) mass is 329 g/mol. The quantitative estimate of drug-likeness (QED) is 0.826. The van der Waals surface area contributed by atoms with Crippen molar-refractivity contribution in [3.63, 3.8) is 0 Å². The van der Waals surface area contributed by atoms with Crippen molar-refractivity contribution in [1.82, 2.24) is 4.90 Å². The second-order valence-electron chi connectivity index (χ2n) is 6.39. The number of thiophene rings is 1. The Morgan fingerprint density at radius 1 is 1.30 bits per heavy atom. The molecule has 0 saturated heterocycles. The largest absolute Gasteiger partial charge is 0.399 e. The molecule has 4 nitrogen and oxygen atoms in total. The van der Waals surface area contributed by atoms with E-state index in [-0.39, 0.29) is 5.91 Å². The lowest BCUT2D eigenvalue weighted by Gasteiger charge is -2.25. The lowest BCUT2D eigenvalue weighted by molar-refractivity contribution is 0.0740. The van der Waals surface area contributed by atoms with E-state index in [4.69, 9.17) is 5.73 Å². The van der Waals surface area contributed by atoms with Gasteiger partial charge in [0.05, 0.1) is 4.88 Å². The summed E-state index contributed by atoms with van der Waals surface area (Å²) in [7, 11) is 4.03. The van der Waals surface area contributed by atoms with Crippen molar-refractivity contribution in [3.8, 4) is 0 Å². The number of rotatable bonds is 6. The van der Waals surface area contributed by atoms with E-state index >= 15 is 0 Å². The smallest absolute Gasteiger partial charge is 0.264 e. The van der Waals surface area contributed by atoms with E-state index < -0.39 is 0 Å². The van der Waals surface area contributed by atoms with Crippen LogP contribution >= 0.6 is 11.3 Å². The molecule has 1 aliphatic rings. The molecule has 2 N–H and O–H groups in total. The second kappa shape index (κ2) is 6.62. The summed E-state index contributed by atoms with van der Waals surface area (Å²) in [6, 6.07) is 9.75. The maximum absolute atomic E-state index is 12.8. The number of benzene rings is 1. The minimum atomic E-state index is 0.124. The Bertz CT molecular complexity index is 678. The summed E-state index contributed by atoms with van der Waals surface area (Å²) in [6.07, 6.45) is 2.46. The SMILES string of the molecule is CN(C)c1ccc(N)cc1CN(CC1CC1)C(=O)c1cccs1. The molecule has 1 fully saturated rings. The van der Waals surface area contributed by atoms with Gasteiger partial charge in [0.1, 0.15) is 0 Å². The Balaban J connectivity index is 1.86. The summed E-state index contributed by atoms with van der Waals surface area (Å²) in [5, 5.41) is 1.95. The molecular formula is C18H23N3OS. The summed E-state index contributed by atoms with van der Waals surface area (Å²) in [5.41, 5.74) is 8.91. The third-order valence-electron chi connectivity index (χ3n) is 4.14. The van der Waals surface area contributed by atoms with Gasteiger partial charge in [-0.3, -0.25) is 4.79 Å². The van der Waals surface area contributed by atoms with Crippen molar-refractivity contribution < 1.29 is 4.79 Å². The molecule has 0 unspecified atom stereocenters. The first-order chi connectivity index (χ1) is 11.0. The number of nitrogens with two attached hydrogens (primary N) is 1. The average Bonchev–Trinajstić information content (AvgIpc) is 3.15. The highest BCUT2D eigenvalue weighted by Gasteiger charge is 2.28. The minimum absolute atomic E-state index is 0.124. The van der Waals surface area contributed by atoms with Gasteiger partial charge in [0.25, 0.3) is 5.91 Å². The number of carbonyl (C=O) groups is 1. The molecule has 0 atom stereocenters. The summed E-state index contributed by atoms with van der Waals surface area (Å²) in [5.74, 6) is 0.779. The highest BCUT2D eigenvalue weighted by Crippen LogP contribution is 2.32. The third-order valence-corrected chi connectivity index (χ3v) is 5.00. The molecule has 0 radical (unpaired) electrons. The van der Waals surface area contributed by atoms with Crippen LogP contribution in [0.3, 0.4) is 0 Å². The van der Waals surface area contributed by atoms with Gasteiger partial charge in [0, 0.05) is 38.6 Å². The van der Waals surface area contributed by atoms with Gasteiger partial charge >= 0.3 is 0 Å². The van der Waals surface area contributed by atoms with E-state index in [0.29, 0.717) is 12.5 Å². The molecular weight excluding hydrogens is 306 g/mol. The van der Waals surface area contributed by atoms with E-state index in [2.05, 4.69) is 4.90 Å². The number of hydrogen-bond acceptors (Lipinski definition) is 4. The van der Waals surface area contributed by atoms with Gasteiger partial charge in [-0.05, 0) is 54.0 Å². The first-order valence-electron chi connectivity index (χ1n) is 7.93. The first kappa shape index (κ1) is 15.9. The number of anilines is 2. The van der Waals surface area contributed by atoms with Gasteiger partial charge in [-0.25, -0.2) is 0 Å². The fourth-order valence-corrected chi connectivity index (χ4v) is 3.45. The minimum Gasteiger partial charge on any atom is -0.399 e. The number of nitrogen functional groups attached to an aromatic ring is 1. The van der Waals surface area contributed by atoms with Gasteiger partial charge in [0.15, 0.2) is 0 Å². The number of amides is 1. The maximum atomic E-state index is 12.8. The molecule has 122 valence electrons. The van der Waals surface area contributed by atoms with Crippen LogP contribution in [-0.4, -0.2) is 31.4 Å². The van der Waals surface area contributed by atoms with Crippen molar-refractivity contribution in [2.45, 2.75) is 19.4 Å². The first-order valence-corrected chi connectivity index (χ1v) is 8.81. The van der Waals surface area contributed by atoms with E-state index in [1.165, 1.54) is 24.2 Å². The van der Waals surface area contributed by atoms with Crippen LogP contribution in [0, 0.1) is 5.92 Å². The number of nitrogens with zero attached hydrogens (tertiary/aromatic N) is 2. The van der Waals surface area contributed by atoms with Crippen LogP contribution < -0.4 is 10.6 Å². The molecule has 1 aliphatic carbocycles. The van der Waals surface area contributed by atoms with E-state index in [1.54, 1.807) is 0 Å². The van der Waals surface area contributed by atoms with Crippen molar-refractivity contribution in [3.05, 3.63) is 46.2 Å². The predicted molar refractivity (Wildman–Crippen MR) is 97.0 cm³/mol.